The Kier molecular flexibility index (Phi) is 6.56. The van der Waals surface area contributed by atoms with Gasteiger partial charge in [-0.15, -0.1) is 5.10 Å². The summed E-state index contributed by atoms with van der Waals surface area (Å²) in [5.74, 6) is -0.727. The zero-order valence-corrected chi connectivity index (χ0v) is 17.3. The first-order valence-corrected chi connectivity index (χ1v) is 9.37. The first-order chi connectivity index (χ1) is 15.3. The summed E-state index contributed by atoms with van der Waals surface area (Å²) in [4.78, 5) is 21.7. The fraction of sp³-hybridized carbons (Fsp3) is 0.238. The molecule has 0 saturated carbocycles. The van der Waals surface area contributed by atoms with Crippen LogP contribution in [-0.4, -0.2) is 44.7 Å². The van der Waals surface area contributed by atoms with Gasteiger partial charge in [0.15, 0.2) is 5.82 Å². The van der Waals surface area contributed by atoms with Gasteiger partial charge in [0.2, 0.25) is 0 Å². The number of halogens is 6. The standard InChI is InChI=1S/C21H17F6N5O/c1-31(2)19(33)15(6-13-4-3-5-28-10-13)11-32-12-29-18(30-32)14-7-16(20(22,23)24)9-17(8-14)21(25,26)27/h3-5,7-12H,6H2,1-2H3. The third kappa shape index (κ3) is 5.96. The van der Waals surface area contributed by atoms with Crippen molar-refractivity contribution in [3.8, 4) is 11.4 Å². The zero-order valence-electron chi connectivity index (χ0n) is 17.3. The van der Waals surface area contributed by atoms with Gasteiger partial charge in [0.25, 0.3) is 5.91 Å². The summed E-state index contributed by atoms with van der Waals surface area (Å²) in [7, 11) is 3.07. The summed E-state index contributed by atoms with van der Waals surface area (Å²) < 4.78 is 79.8. The number of carbonyl (C=O) groups is 1. The van der Waals surface area contributed by atoms with Crippen LogP contribution in [0, 0.1) is 0 Å². The second kappa shape index (κ2) is 9.04. The lowest BCUT2D eigenvalue weighted by Crippen LogP contribution is -2.24. The topological polar surface area (TPSA) is 63.9 Å². The van der Waals surface area contributed by atoms with E-state index >= 15 is 0 Å². The Balaban J connectivity index is 2.02. The van der Waals surface area contributed by atoms with Crippen molar-refractivity contribution in [3.63, 3.8) is 0 Å². The molecule has 1 amide bonds. The van der Waals surface area contributed by atoms with E-state index in [4.69, 9.17) is 0 Å². The van der Waals surface area contributed by atoms with Crippen LogP contribution < -0.4 is 0 Å². The molecule has 0 aliphatic carbocycles. The van der Waals surface area contributed by atoms with Crippen LogP contribution in [0.25, 0.3) is 17.6 Å². The van der Waals surface area contributed by atoms with Crippen molar-refractivity contribution < 1.29 is 31.1 Å². The quantitative estimate of drug-likeness (QED) is 0.406. The average molecular weight is 469 g/mol. The lowest BCUT2D eigenvalue weighted by Gasteiger charge is -2.13. The lowest BCUT2D eigenvalue weighted by atomic mass is 10.0. The molecular formula is C21H17F6N5O. The van der Waals surface area contributed by atoms with Gasteiger partial charge in [-0.1, -0.05) is 6.07 Å². The van der Waals surface area contributed by atoms with Gasteiger partial charge in [-0.3, -0.25) is 9.78 Å². The van der Waals surface area contributed by atoms with Crippen LogP contribution >= 0.6 is 0 Å². The van der Waals surface area contributed by atoms with Crippen LogP contribution in [0.15, 0.2) is 54.6 Å². The summed E-state index contributed by atoms with van der Waals surface area (Å²) >= 11 is 0. The predicted molar refractivity (Wildman–Crippen MR) is 106 cm³/mol. The van der Waals surface area contributed by atoms with Crippen molar-refractivity contribution in [1.29, 1.82) is 0 Å². The molecule has 0 N–H and O–H groups in total. The Hall–Kier alpha value is -3.70. The molecule has 6 nitrogen and oxygen atoms in total. The molecule has 1 aromatic carbocycles. The smallest absolute Gasteiger partial charge is 0.345 e. The second-order valence-electron chi connectivity index (χ2n) is 7.23. The third-order valence-corrected chi connectivity index (χ3v) is 4.44. The minimum atomic E-state index is -4.99. The molecule has 3 aromatic rings. The molecule has 0 unspecified atom stereocenters. The number of likely N-dealkylation sites (N-methyl/N-ethyl adjacent to an activating group) is 1. The molecule has 0 bridgehead atoms. The maximum atomic E-state index is 13.1. The molecule has 0 saturated heterocycles. The van der Waals surface area contributed by atoms with Crippen LogP contribution in [-0.2, 0) is 23.6 Å². The van der Waals surface area contributed by atoms with Crippen molar-refractivity contribution in [1.82, 2.24) is 24.6 Å². The molecule has 0 spiro atoms. The third-order valence-electron chi connectivity index (χ3n) is 4.44. The van der Waals surface area contributed by atoms with E-state index in [-0.39, 0.29) is 29.8 Å². The van der Waals surface area contributed by atoms with Gasteiger partial charge in [-0.05, 0) is 29.8 Å². The van der Waals surface area contributed by atoms with Crippen LogP contribution in [0.3, 0.4) is 0 Å². The van der Waals surface area contributed by atoms with Crippen molar-refractivity contribution >= 4 is 12.1 Å². The highest BCUT2D eigenvalue weighted by Gasteiger charge is 2.37. The summed E-state index contributed by atoms with van der Waals surface area (Å²) in [5, 5.41) is 3.96. The summed E-state index contributed by atoms with van der Waals surface area (Å²) in [5.41, 5.74) is -2.44. The molecule has 2 aromatic heterocycles. The average Bonchev–Trinajstić information content (AvgIpc) is 3.20. The summed E-state index contributed by atoms with van der Waals surface area (Å²) in [6, 6.07) is 4.55. The highest BCUT2D eigenvalue weighted by molar-refractivity contribution is 5.96. The molecule has 0 aliphatic heterocycles. The van der Waals surface area contributed by atoms with E-state index in [1.54, 1.807) is 24.5 Å². The van der Waals surface area contributed by atoms with Gasteiger partial charge in [0.05, 0.1) is 11.1 Å². The van der Waals surface area contributed by atoms with Crippen LogP contribution in [0.4, 0.5) is 26.3 Å². The van der Waals surface area contributed by atoms with E-state index in [1.165, 1.54) is 25.2 Å². The number of hydrogen-bond donors (Lipinski definition) is 0. The minimum absolute atomic E-state index is 0.0299. The van der Waals surface area contributed by atoms with Gasteiger partial charge < -0.3 is 4.90 Å². The number of hydrogen-bond acceptors (Lipinski definition) is 4. The minimum Gasteiger partial charge on any atom is -0.345 e. The SMILES string of the molecule is CN(C)C(=O)C(=Cn1cnc(-c2cc(C(F)(F)F)cc(C(F)(F)F)c2)n1)Cc1cccnc1. The lowest BCUT2D eigenvalue weighted by molar-refractivity contribution is -0.143. The molecular weight excluding hydrogens is 452 g/mol. The fourth-order valence-electron chi connectivity index (χ4n) is 2.90. The Bertz CT molecular complexity index is 1130. The highest BCUT2D eigenvalue weighted by atomic mass is 19.4. The number of carbonyl (C=O) groups excluding carboxylic acids is 1. The predicted octanol–water partition coefficient (Wildman–Crippen LogP) is 4.55. The van der Waals surface area contributed by atoms with Crippen LogP contribution in [0.1, 0.15) is 16.7 Å². The Morgan fingerprint density at radius 2 is 1.70 bits per heavy atom. The second-order valence-corrected chi connectivity index (χ2v) is 7.23. The fourth-order valence-corrected chi connectivity index (χ4v) is 2.90. The molecule has 0 aliphatic rings. The molecule has 0 radical (unpaired) electrons. The molecule has 174 valence electrons. The van der Waals surface area contributed by atoms with E-state index in [0.717, 1.165) is 11.0 Å². The van der Waals surface area contributed by atoms with Crippen molar-refractivity contribution in [2.24, 2.45) is 0 Å². The van der Waals surface area contributed by atoms with Gasteiger partial charge in [-0.2, -0.15) is 26.3 Å². The summed E-state index contributed by atoms with van der Waals surface area (Å²) in [6.45, 7) is 0. The first kappa shape index (κ1) is 24.0. The monoisotopic (exact) mass is 469 g/mol. The van der Waals surface area contributed by atoms with Crippen molar-refractivity contribution in [2.45, 2.75) is 18.8 Å². The van der Waals surface area contributed by atoms with E-state index in [0.29, 0.717) is 17.7 Å². The first-order valence-electron chi connectivity index (χ1n) is 9.37. The van der Waals surface area contributed by atoms with Crippen LogP contribution in [0.2, 0.25) is 0 Å². The van der Waals surface area contributed by atoms with E-state index < -0.39 is 29.0 Å². The molecule has 3 rings (SSSR count). The van der Waals surface area contributed by atoms with Crippen molar-refractivity contribution in [3.05, 3.63) is 71.3 Å². The van der Waals surface area contributed by atoms with Crippen LogP contribution in [0.5, 0.6) is 0 Å². The maximum absolute atomic E-state index is 13.1. The number of pyridine rings is 1. The summed E-state index contributed by atoms with van der Waals surface area (Å²) in [6.07, 6.45) is -4.29. The highest BCUT2D eigenvalue weighted by Crippen LogP contribution is 2.38. The molecule has 2 heterocycles. The Labute approximate surface area is 184 Å². The number of aromatic nitrogens is 4. The van der Waals surface area contributed by atoms with Gasteiger partial charge in [0.1, 0.15) is 6.33 Å². The number of benzene rings is 1. The van der Waals surface area contributed by atoms with E-state index in [1.807, 2.05) is 0 Å². The molecule has 33 heavy (non-hydrogen) atoms. The van der Waals surface area contributed by atoms with Crippen molar-refractivity contribution in [2.75, 3.05) is 14.1 Å². The number of rotatable bonds is 5. The maximum Gasteiger partial charge on any atom is 0.416 e. The number of alkyl halides is 6. The largest absolute Gasteiger partial charge is 0.416 e. The van der Waals surface area contributed by atoms with Gasteiger partial charge in [0, 0.05) is 50.2 Å². The normalized spacial score (nSPS) is 12.7. The number of amides is 1. The zero-order chi connectivity index (χ0) is 24.4. The van der Waals surface area contributed by atoms with Gasteiger partial charge >= 0.3 is 12.4 Å². The molecule has 0 atom stereocenters. The Morgan fingerprint density at radius 3 is 2.21 bits per heavy atom. The molecule has 12 heteroatoms. The molecule has 0 fully saturated rings. The van der Waals surface area contributed by atoms with Gasteiger partial charge in [-0.25, -0.2) is 9.67 Å². The Morgan fingerprint density at radius 1 is 1.06 bits per heavy atom. The van der Waals surface area contributed by atoms with E-state index in [2.05, 4.69) is 15.1 Å². The van der Waals surface area contributed by atoms with E-state index in [9.17, 15) is 31.1 Å². The number of nitrogens with zero attached hydrogens (tertiary/aromatic N) is 5.